The highest BCUT2D eigenvalue weighted by Crippen LogP contribution is 2.34. The largest absolute Gasteiger partial charge is 0.494 e. The van der Waals surface area contributed by atoms with Crippen molar-refractivity contribution in [3.05, 3.63) is 60.2 Å². The fraction of sp³-hybridized carbons (Fsp3) is 0.500. The molecule has 0 radical (unpaired) electrons. The second kappa shape index (κ2) is 12.9. The van der Waals surface area contributed by atoms with Gasteiger partial charge >= 0.3 is 11.9 Å². The molecule has 0 aromatic heterocycles. The van der Waals surface area contributed by atoms with E-state index >= 15 is 0 Å². The molecule has 0 bridgehead atoms. The van der Waals surface area contributed by atoms with Gasteiger partial charge in [-0.2, -0.15) is 0 Å². The summed E-state index contributed by atoms with van der Waals surface area (Å²) in [7, 11) is -1.38. The molecule has 7 heteroatoms. The summed E-state index contributed by atoms with van der Waals surface area (Å²) in [5.74, 6) is -0.680. The molecule has 0 unspecified atom stereocenters. The van der Waals surface area contributed by atoms with Gasteiger partial charge in [0.05, 0.1) is 27.9 Å². The van der Waals surface area contributed by atoms with Crippen molar-refractivity contribution in [2.45, 2.75) is 69.6 Å². The van der Waals surface area contributed by atoms with E-state index in [1.54, 1.807) is 19.0 Å². The Labute approximate surface area is 210 Å². The van der Waals surface area contributed by atoms with Crippen LogP contribution in [0.4, 0.5) is 0 Å². The van der Waals surface area contributed by atoms with Crippen LogP contribution in [0, 0.1) is 0 Å². The van der Waals surface area contributed by atoms with Crippen LogP contribution in [0.2, 0.25) is 18.1 Å². The highest BCUT2D eigenvalue weighted by Gasteiger charge is 2.44. The maximum Gasteiger partial charge on any atom is 0.337 e. The minimum absolute atomic E-state index is 0.108. The van der Waals surface area contributed by atoms with E-state index in [4.69, 9.17) is 19.9 Å². The highest BCUT2D eigenvalue weighted by atomic mass is 28.3. The number of hydrogen-bond donors (Lipinski definition) is 1. The molecule has 3 rings (SSSR count). The van der Waals surface area contributed by atoms with Gasteiger partial charge in [0.15, 0.2) is 0 Å². The van der Waals surface area contributed by atoms with Crippen molar-refractivity contribution in [1.82, 2.24) is 0 Å². The molecule has 2 aromatic carbocycles. The van der Waals surface area contributed by atoms with Gasteiger partial charge in [-0.15, -0.1) is 0 Å². The third-order valence-corrected chi connectivity index (χ3v) is 12.5. The zero-order valence-electron chi connectivity index (χ0n) is 21.1. The van der Waals surface area contributed by atoms with Crippen LogP contribution >= 0.6 is 0 Å². The Morgan fingerprint density at radius 2 is 1.51 bits per heavy atom. The number of esters is 2. The maximum absolute atomic E-state index is 12.3. The molecule has 6 nitrogen and oxygen atoms in total. The van der Waals surface area contributed by atoms with Gasteiger partial charge in [0.1, 0.15) is 5.75 Å². The van der Waals surface area contributed by atoms with Crippen molar-refractivity contribution in [2.24, 2.45) is 5.73 Å². The van der Waals surface area contributed by atoms with Gasteiger partial charge < -0.3 is 19.9 Å². The second-order valence-corrected chi connectivity index (χ2v) is 14.0. The number of nitrogens with two attached hydrogens (primary N) is 1. The van der Waals surface area contributed by atoms with Crippen molar-refractivity contribution in [1.29, 1.82) is 0 Å². The molecule has 1 fully saturated rings. The lowest BCUT2D eigenvalue weighted by molar-refractivity contribution is -0.164. The summed E-state index contributed by atoms with van der Waals surface area (Å²) < 4.78 is 16.1. The molecule has 0 spiro atoms. The average molecular weight is 498 g/mol. The molecule has 0 atom stereocenters. The van der Waals surface area contributed by atoms with Crippen LogP contribution in [-0.2, 0) is 25.5 Å². The average Bonchev–Trinajstić information content (AvgIpc) is 3.37. The van der Waals surface area contributed by atoms with E-state index in [-0.39, 0.29) is 19.6 Å². The molecule has 1 saturated heterocycles. The Morgan fingerprint density at radius 3 is 2.09 bits per heavy atom. The van der Waals surface area contributed by atoms with Crippen LogP contribution in [-0.4, -0.2) is 45.4 Å². The van der Waals surface area contributed by atoms with Crippen molar-refractivity contribution >= 4 is 25.2 Å². The topological polar surface area (TPSA) is 87.9 Å². The number of rotatable bonds is 13. The second-order valence-electron chi connectivity index (χ2n) is 9.36. The molecule has 1 heterocycles. The summed E-state index contributed by atoms with van der Waals surface area (Å²) in [4.78, 5) is 24.7. The third kappa shape index (κ3) is 6.95. The number of aryl methyl sites for hydroxylation is 1. The normalized spacial score (nSPS) is 14.9. The quantitative estimate of drug-likeness (QED) is 0.191. The Balaban J connectivity index is 1.50. The van der Waals surface area contributed by atoms with Crippen LogP contribution in [0.5, 0.6) is 5.75 Å². The Morgan fingerprint density at radius 1 is 0.914 bits per heavy atom. The summed E-state index contributed by atoms with van der Waals surface area (Å²) in [5.41, 5.74) is 5.30. The molecule has 1 aliphatic heterocycles. The number of benzene rings is 2. The zero-order valence-corrected chi connectivity index (χ0v) is 22.1. The Hall–Kier alpha value is -2.64. The first-order chi connectivity index (χ1) is 16.9. The fourth-order valence-electron chi connectivity index (χ4n) is 5.03. The van der Waals surface area contributed by atoms with E-state index in [0.29, 0.717) is 13.0 Å². The summed E-state index contributed by atoms with van der Waals surface area (Å²) >= 11 is 0. The monoisotopic (exact) mass is 497 g/mol. The molecule has 0 amide bonds. The van der Waals surface area contributed by atoms with Gasteiger partial charge in [0.2, 0.25) is 5.54 Å². The van der Waals surface area contributed by atoms with Crippen molar-refractivity contribution < 1.29 is 23.8 Å². The molecule has 0 aliphatic carbocycles. The van der Waals surface area contributed by atoms with E-state index < -0.39 is 25.6 Å². The van der Waals surface area contributed by atoms with Gasteiger partial charge in [-0.1, -0.05) is 72.6 Å². The zero-order chi connectivity index (χ0) is 25.2. The number of carbonyl (C=O) groups is 2. The predicted octanol–water partition coefficient (Wildman–Crippen LogP) is 4.36. The van der Waals surface area contributed by atoms with Crippen LogP contribution < -0.4 is 15.7 Å². The third-order valence-electron chi connectivity index (χ3n) is 7.03. The molecule has 1 aliphatic rings. The number of ether oxygens (including phenoxy) is 3. The standard InChI is InChI=1S/C28H39NO5Si/c1-3-32-26(30)28(29,27(31)33-4-2)18-17-23-13-15-24(16-14-23)34-19-10-22-35(20-8-9-21-35)25-11-6-5-7-12-25/h5-7,11-16H,3-4,8-10,17-22,29H2,1-2H3. The van der Waals surface area contributed by atoms with Crippen LogP contribution in [0.1, 0.15) is 45.1 Å². The molecule has 35 heavy (non-hydrogen) atoms. The van der Waals surface area contributed by atoms with E-state index in [2.05, 4.69) is 30.3 Å². The lowest BCUT2D eigenvalue weighted by Crippen LogP contribution is -2.57. The molecule has 190 valence electrons. The van der Waals surface area contributed by atoms with Crippen molar-refractivity contribution in [3.63, 3.8) is 0 Å². The Kier molecular flexibility index (Phi) is 9.92. The molecular weight excluding hydrogens is 458 g/mol. The van der Waals surface area contributed by atoms with Crippen LogP contribution in [0.15, 0.2) is 54.6 Å². The first kappa shape index (κ1) is 27.0. The first-order valence-electron chi connectivity index (χ1n) is 12.8. The number of carbonyl (C=O) groups excluding carboxylic acids is 2. The summed E-state index contributed by atoms with van der Waals surface area (Å²) in [5, 5.41) is 1.60. The van der Waals surface area contributed by atoms with Crippen molar-refractivity contribution in [2.75, 3.05) is 19.8 Å². The van der Waals surface area contributed by atoms with Gasteiger partial charge in [-0.25, -0.2) is 9.59 Å². The van der Waals surface area contributed by atoms with E-state index in [0.717, 1.165) is 17.7 Å². The van der Waals surface area contributed by atoms with E-state index in [1.807, 2.05) is 24.3 Å². The smallest absolute Gasteiger partial charge is 0.337 e. The maximum atomic E-state index is 12.3. The lowest BCUT2D eigenvalue weighted by Gasteiger charge is -2.27. The summed E-state index contributed by atoms with van der Waals surface area (Å²) in [6.45, 7) is 4.37. The molecule has 2 N–H and O–H groups in total. The van der Waals surface area contributed by atoms with Gasteiger partial charge in [-0.3, -0.25) is 0 Å². The number of hydrogen-bond acceptors (Lipinski definition) is 6. The first-order valence-corrected chi connectivity index (χ1v) is 15.5. The predicted molar refractivity (Wildman–Crippen MR) is 141 cm³/mol. The van der Waals surface area contributed by atoms with E-state index in [9.17, 15) is 9.59 Å². The van der Waals surface area contributed by atoms with Crippen molar-refractivity contribution in [3.8, 4) is 5.75 Å². The fourth-order valence-corrected chi connectivity index (χ4v) is 10.2. The molecular formula is C28H39NO5Si. The van der Waals surface area contributed by atoms with Crippen LogP contribution in [0.3, 0.4) is 0 Å². The molecule has 2 aromatic rings. The molecule has 0 saturated carbocycles. The van der Waals surface area contributed by atoms with E-state index in [1.165, 1.54) is 31.0 Å². The van der Waals surface area contributed by atoms with Gasteiger partial charge in [0.25, 0.3) is 0 Å². The lowest BCUT2D eigenvalue weighted by atomic mass is 9.92. The minimum Gasteiger partial charge on any atom is -0.494 e. The SMILES string of the molecule is CCOC(=O)C(N)(CCc1ccc(OCCC[Si]2(c3ccccc3)CCCC2)cc1)C(=O)OCC. The van der Waals surface area contributed by atoms with Gasteiger partial charge in [0, 0.05) is 0 Å². The Bertz CT molecular complexity index is 924. The minimum atomic E-state index is -1.81. The summed E-state index contributed by atoms with van der Waals surface area (Å²) in [6.07, 6.45) is 4.34. The van der Waals surface area contributed by atoms with Crippen LogP contribution in [0.25, 0.3) is 0 Å². The van der Waals surface area contributed by atoms with Gasteiger partial charge in [-0.05, 0) is 56.9 Å². The highest BCUT2D eigenvalue weighted by molar-refractivity contribution is 6.92. The summed E-state index contributed by atoms with van der Waals surface area (Å²) in [6, 6.07) is 22.9.